The van der Waals surface area contributed by atoms with E-state index in [1.807, 2.05) is 0 Å². The zero-order valence-electron chi connectivity index (χ0n) is 9.66. The molecule has 0 aromatic carbocycles. The molecule has 0 saturated heterocycles. The monoisotopic (exact) mass is 210 g/mol. The average molecular weight is 210 g/mol. The van der Waals surface area contributed by atoms with E-state index < -0.39 is 0 Å². The second kappa shape index (κ2) is 4.39. The van der Waals surface area contributed by atoms with Crippen molar-refractivity contribution in [3.05, 3.63) is 0 Å². The predicted molar refractivity (Wildman–Crippen MR) is 62.3 cm³/mol. The molecular formula is C11H22N4. The number of hydrazine groups is 1. The molecule has 86 valence electrons. The van der Waals surface area contributed by atoms with Crippen molar-refractivity contribution in [3.8, 4) is 0 Å². The van der Waals surface area contributed by atoms with Gasteiger partial charge in [0.15, 0.2) is 0 Å². The van der Waals surface area contributed by atoms with Crippen molar-refractivity contribution in [2.75, 3.05) is 0 Å². The average Bonchev–Trinajstić information content (AvgIpc) is 2.77. The van der Waals surface area contributed by atoms with E-state index >= 15 is 0 Å². The van der Waals surface area contributed by atoms with E-state index in [9.17, 15) is 0 Å². The standard InChI is InChI=1S/C11H22N4/c1-7(2)13-11(15-12)14-10-6-8-3-4-9(10)5-8/h7-10H,3-6,12H2,1-2H3,(H2,13,14,15). The molecule has 2 bridgehead atoms. The van der Waals surface area contributed by atoms with Crippen molar-refractivity contribution in [3.63, 3.8) is 0 Å². The molecule has 2 saturated carbocycles. The van der Waals surface area contributed by atoms with Crippen molar-refractivity contribution in [2.24, 2.45) is 22.7 Å². The zero-order valence-corrected chi connectivity index (χ0v) is 9.66. The number of nitrogens with two attached hydrogens (primary N) is 1. The maximum Gasteiger partial charge on any atom is 0.206 e. The molecule has 0 aliphatic heterocycles. The van der Waals surface area contributed by atoms with Crippen molar-refractivity contribution in [1.29, 1.82) is 0 Å². The molecule has 0 amide bonds. The first-order valence-corrected chi connectivity index (χ1v) is 6.00. The molecule has 2 fully saturated rings. The molecule has 15 heavy (non-hydrogen) atoms. The summed E-state index contributed by atoms with van der Waals surface area (Å²) in [7, 11) is 0. The number of aliphatic imine (C=N–C) groups is 1. The van der Waals surface area contributed by atoms with Gasteiger partial charge in [-0.1, -0.05) is 6.42 Å². The number of fused-ring (bicyclic) bond motifs is 2. The van der Waals surface area contributed by atoms with Crippen LogP contribution in [0.3, 0.4) is 0 Å². The number of rotatable bonds is 2. The molecule has 2 rings (SSSR count). The Morgan fingerprint density at radius 1 is 1.33 bits per heavy atom. The number of guanidine groups is 1. The van der Waals surface area contributed by atoms with Crippen molar-refractivity contribution in [1.82, 2.24) is 10.7 Å². The lowest BCUT2D eigenvalue weighted by Crippen LogP contribution is -2.45. The summed E-state index contributed by atoms with van der Waals surface area (Å²) in [6.45, 7) is 4.18. The van der Waals surface area contributed by atoms with E-state index in [0.717, 1.165) is 17.8 Å². The van der Waals surface area contributed by atoms with E-state index in [2.05, 4.69) is 29.6 Å². The molecule has 3 atom stereocenters. The molecule has 0 aromatic heterocycles. The van der Waals surface area contributed by atoms with Crippen LogP contribution in [0.4, 0.5) is 0 Å². The third-order valence-electron chi connectivity index (χ3n) is 3.56. The molecular weight excluding hydrogens is 188 g/mol. The summed E-state index contributed by atoms with van der Waals surface area (Å²) >= 11 is 0. The highest BCUT2D eigenvalue weighted by molar-refractivity contribution is 5.79. The number of nitrogens with zero attached hydrogens (tertiary/aromatic N) is 1. The number of hydrogen-bond acceptors (Lipinski definition) is 2. The van der Waals surface area contributed by atoms with Gasteiger partial charge in [0.05, 0.1) is 6.04 Å². The zero-order chi connectivity index (χ0) is 10.8. The smallest absolute Gasteiger partial charge is 0.206 e. The second-order valence-electron chi connectivity index (χ2n) is 5.16. The van der Waals surface area contributed by atoms with Gasteiger partial charge in [0, 0.05) is 6.04 Å². The van der Waals surface area contributed by atoms with Gasteiger partial charge < -0.3 is 5.32 Å². The summed E-state index contributed by atoms with van der Waals surface area (Å²) < 4.78 is 0. The van der Waals surface area contributed by atoms with Crippen LogP contribution >= 0.6 is 0 Å². The van der Waals surface area contributed by atoms with Crippen LogP contribution < -0.4 is 16.6 Å². The lowest BCUT2D eigenvalue weighted by molar-refractivity contribution is 0.417. The molecule has 0 heterocycles. The minimum absolute atomic E-state index is 0.374. The molecule has 4 N–H and O–H groups in total. The highest BCUT2D eigenvalue weighted by Gasteiger charge is 2.39. The van der Waals surface area contributed by atoms with Crippen LogP contribution in [0.15, 0.2) is 4.99 Å². The number of nitrogens with one attached hydrogen (secondary N) is 2. The fraction of sp³-hybridized carbons (Fsp3) is 0.909. The Morgan fingerprint density at radius 3 is 2.60 bits per heavy atom. The van der Waals surface area contributed by atoms with Gasteiger partial charge in [0.1, 0.15) is 0 Å². The minimum atomic E-state index is 0.374. The van der Waals surface area contributed by atoms with Crippen LogP contribution in [0.2, 0.25) is 0 Å². The summed E-state index contributed by atoms with van der Waals surface area (Å²) in [5, 5.41) is 3.23. The number of hydrogen-bond donors (Lipinski definition) is 3. The van der Waals surface area contributed by atoms with Crippen LogP contribution in [-0.4, -0.2) is 18.0 Å². The lowest BCUT2D eigenvalue weighted by Gasteiger charge is -2.20. The van der Waals surface area contributed by atoms with Crippen LogP contribution in [0, 0.1) is 11.8 Å². The van der Waals surface area contributed by atoms with Crippen molar-refractivity contribution >= 4 is 5.96 Å². The summed E-state index contributed by atoms with van der Waals surface area (Å²) in [5.41, 5.74) is 2.66. The van der Waals surface area contributed by atoms with Gasteiger partial charge in [0.2, 0.25) is 5.96 Å². The molecule has 0 radical (unpaired) electrons. The maximum atomic E-state index is 5.45. The van der Waals surface area contributed by atoms with E-state index in [0.29, 0.717) is 12.1 Å². The van der Waals surface area contributed by atoms with Crippen molar-refractivity contribution < 1.29 is 0 Å². The molecule has 0 spiro atoms. The topological polar surface area (TPSA) is 62.4 Å². The summed E-state index contributed by atoms with van der Waals surface area (Å²) in [5.74, 6) is 7.95. The van der Waals surface area contributed by atoms with Gasteiger partial charge in [-0.2, -0.15) is 0 Å². The van der Waals surface area contributed by atoms with Gasteiger partial charge in [-0.25, -0.2) is 10.8 Å². The summed E-state index contributed by atoms with van der Waals surface area (Å²) in [6.07, 6.45) is 5.42. The Hall–Kier alpha value is -0.770. The molecule has 2 aliphatic rings. The molecule has 0 aromatic rings. The maximum absolute atomic E-state index is 5.45. The van der Waals surface area contributed by atoms with Gasteiger partial charge in [-0.05, 0) is 44.9 Å². The molecule has 3 unspecified atom stereocenters. The van der Waals surface area contributed by atoms with Crippen LogP contribution in [0.1, 0.15) is 39.5 Å². The highest BCUT2D eigenvalue weighted by Crippen LogP contribution is 2.45. The van der Waals surface area contributed by atoms with Gasteiger partial charge in [0.25, 0.3) is 0 Å². The van der Waals surface area contributed by atoms with E-state index in [1.165, 1.54) is 25.7 Å². The van der Waals surface area contributed by atoms with Gasteiger partial charge in [-0.3, -0.25) is 5.43 Å². The fourth-order valence-corrected chi connectivity index (χ4v) is 2.92. The first-order chi connectivity index (χ1) is 7.19. The summed E-state index contributed by atoms with van der Waals surface area (Å²) in [4.78, 5) is 4.69. The third kappa shape index (κ3) is 2.43. The van der Waals surface area contributed by atoms with Crippen molar-refractivity contribution in [2.45, 2.75) is 51.6 Å². The molecule has 2 aliphatic carbocycles. The van der Waals surface area contributed by atoms with Crippen LogP contribution in [0.25, 0.3) is 0 Å². The SMILES string of the molecule is CC(C)NC(=NC1CC2CCC1C2)NN. The Morgan fingerprint density at radius 2 is 2.13 bits per heavy atom. The Balaban J connectivity index is 1.95. The normalized spacial score (nSPS) is 34.9. The van der Waals surface area contributed by atoms with Gasteiger partial charge in [-0.15, -0.1) is 0 Å². The first-order valence-electron chi connectivity index (χ1n) is 6.00. The fourth-order valence-electron chi connectivity index (χ4n) is 2.92. The molecule has 4 heteroatoms. The van der Waals surface area contributed by atoms with Gasteiger partial charge >= 0.3 is 0 Å². The minimum Gasteiger partial charge on any atom is -0.353 e. The lowest BCUT2D eigenvalue weighted by atomic mass is 9.96. The third-order valence-corrected chi connectivity index (χ3v) is 3.56. The second-order valence-corrected chi connectivity index (χ2v) is 5.16. The van der Waals surface area contributed by atoms with Crippen LogP contribution in [-0.2, 0) is 0 Å². The Kier molecular flexibility index (Phi) is 3.14. The van der Waals surface area contributed by atoms with E-state index in [4.69, 9.17) is 5.84 Å². The Labute approximate surface area is 91.7 Å². The Bertz CT molecular complexity index is 249. The largest absolute Gasteiger partial charge is 0.353 e. The van der Waals surface area contributed by atoms with Crippen LogP contribution in [0.5, 0.6) is 0 Å². The van der Waals surface area contributed by atoms with E-state index in [-0.39, 0.29) is 0 Å². The predicted octanol–water partition coefficient (Wildman–Crippen LogP) is 0.992. The molecule has 4 nitrogen and oxygen atoms in total. The summed E-state index contributed by atoms with van der Waals surface area (Å²) in [6, 6.07) is 0.874. The van der Waals surface area contributed by atoms with E-state index in [1.54, 1.807) is 0 Å². The first kappa shape index (κ1) is 10.7. The highest BCUT2D eigenvalue weighted by atomic mass is 15.3. The quantitative estimate of drug-likeness (QED) is 0.276.